The molecule has 5 heteroatoms. The van der Waals surface area contributed by atoms with Crippen LogP contribution in [0.3, 0.4) is 0 Å². The number of thiazole rings is 1. The van der Waals surface area contributed by atoms with Gasteiger partial charge in [-0.15, -0.1) is 11.3 Å². The number of carbonyl (C=O) groups is 1. The first kappa shape index (κ1) is 11.4. The molecule has 0 aromatic carbocycles. The summed E-state index contributed by atoms with van der Waals surface area (Å²) in [5.74, 6) is -0.0434. The highest BCUT2D eigenvalue weighted by molar-refractivity contribution is 7.13. The molecule has 1 aliphatic rings. The van der Waals surface area contributed by atoms with E-state index in [1.807, 2.05) is 12.3 Å². The molecule has 1 aliphatic carbocycles. The first-order valence-electron chi connectivity index (χ1n) is 5.36. The van der Waals surface area contributed by atoms with Crippen molar-refractivity contribution in [3.05, 3.63) is 11.1 Å². The third-order valence-corrected chi connectivity index (χ3v) is 3.92. The molecule has 2 atom stereocenters. The van der Waals surface area contributed by atoms with E-state index in [4.69, 9.17) is 10.5 Å². The molecule has 0 bridgehead atoms. The van der Waals surface area contributed by atoms with E-state index in [2.05, 4.69) is 18.8 Å². The Morgan fingerprint density at radius 3 is 2.88 bits per heavy atom. The zero-order valence-corrected chi connectivity index (χ0v) is 10.5. The number of rotatable bonds is 3. The Morgan fingerprint density at radius 2 is 2.38 bits per heavy atom. The van der Waals surface area contributed by atoms with E-state index >= 15 is 0 Å². The minimum Gasteiger partial charge on any atom is -0.466 e. The average molecular weight is 240 g/mol. The summed E-state index contributed by atoms with van der Waals surface area (Å²) in [7, 11) is 0. The molecule has 2 rings (SSSR count). The lowest BCUT2D eigenvalue weighted by Crippen LogP contribution is -2.10. The predicted molar refractivity (Wildman–Crippen MR) is 63.2 cm³/mol. The van der Waals surface area contributed by atoms with E-state index < -0.39 is 0 Å². The van der Waals surface area contributed by atoms with Crippen molar-refractivity contribution in [2.75, 3.05) is 12.3 Å². The lowest BCUT2D eigenvalue weighted by molar-refractivity contribution is -0.145. The van der Waals surface area contributed by atoms with E-state index in [0.29, 0.717) is 11.7 Å². The minimum atomic E-state index is -0.121. The van der Waals surface area contributed by atoms with E-state index in [9.17, 15) is 4.79 Å². The molecule has 0 unspecified atom stereocenters. The van der Waals surface area contributed by atoms with Crippen LogP contribution >= 0.6 is 11.3 Å². The third-order valence-electron chi connectivity index (χ3n) is 3.23. The zero-order valence-electron chi connectivity index (χ0n) is 9.69. The van der Waals surface area contributed by atoms with Gasteiger partial charge in [0.1, 0.15) is 0 Å². The van der Waals surface area contributed by atoms with E-state index in [1.54, 1.807) is 0 Å². The number of anilines is 1. The van der Waals surface area contributed by atoms with Crippen molar-refractivity contribution >= 4 is 22.4 Å². The lowest BCUT2D eigenvalue weighted by Gasteiger charge is -2.01. The van der Waals surface area contributed by atoms with Crippen LogP contribution in [0.4, 0.5) is 5.13 Å². The fraction of sp³-hybridized carbons (Fsp3) is 0.636. The Labute approximate surface area is 98.8 Å². The molecule has 0 aliphatic heterocycles. The van der Waals surface area contributed by atoms with Gasteiger partial charge in [0.15, 0.2) is 5.13 Å². The molecule has 4 nitrogen and oxygen atoms in total. The highest BCUT2D eigenvalue weighted by Gasteiger charge is 2.64. The van der Waals surface area contributed by atoms with Gasteiger partial charge in [-0.3, -0.25) is 4.79 Å². The Kier molecular flexibility index (Phi) is 2.66. The minimum absolute atomic E-state index is 0.0627. The number of esters is 1. The summed E-state index contributed by atoms with van der Waals surface area (Å²) in [6.07, 6.45) is 0. The van der Waals surface area contributed by atoms with E-state index in [-0.39, 0.29) is 23.2 Å². The molecular formula is C11H16N2O2S. The number of nitrogens with two attached hydrogens (primary N) is 1. The van der Waals surface area contributed by atoms with Gasteiger partial charge < -0.3 is 10.5 Å². The van der Waals surface area contributed by atoms with Crippen molar-refractivity contribution in [2.24, 2.45) is 11.3 Å². The summed E-state index contributed by atoms with van der Waals surface area (Å²) >= 11 is 1.42. The first-order chi connectivity index (χ1) is 7.48. The van der Waals surface area contributed by atoms with Gasteiger partial charge in [-0.2, -0.15) is 0 Å². The number of ether oxygens (including phenoxy) is 1. The number of aromatic nitrogens is 1. The molecule has 1 fully saturated rings. The van der Waals surface area contributed by atoms with Crippen LogP contribution in [0.15, 0.2) is 5.38 Å². The Hall–Kier alpha value is -1.10. The van der Waals surface area contributed by atoms with Crippen LogP contribution in [0.1, 0.15) is 32.4 Å². The maximum atomic E-state index is 11.7. The van der Waals surface area contributed by atoms with Crippen LogP contribution in [-0.2, 0) is 9.53 Å². The number of carbonyl (C=O) groups excluding carboxylic acids is 1. The van der Waals surface area contributed by atoms with Crippen LogP contribution in [-0.4, -0.2) is 17.6 Å². The molecule has 1 aromatic rings. The molecule has 2 N–H and O–H groups in total. The maximum absolute atomic E-state index is 11.7. The predicted octanol–water partition coefficient (Wildman–Crippen LogP) is 2.03. The quantitative estimate of drug-likeness (QED) is 0.821. The van der Waals surface area contributed by atoms with Crippen molar-refractivity contribution in [1.29, 1.82) is 0 Å². The number of hydrogen-bond donors (Lipinski definition) is 1. The normalized spacial score (nSPS) is 26.4. The van der Waals surface area contributed by atoms with Gasteiger partial charge in [-0.1, -0.05) is 13.8 Å². The van der Waals surface area contributed by atoms with Gasteiger partial charge >= 0.3 is 5.97 Å². The number of hydrogen-bond acceptors (Lipinski definition) is 5. The Morgan fingerprint density at radius 1 is 1.69 bits per heavy atom. The smallest absolute Gasteiger partial charge is 0.310 e. The SMILES string of the molecule is CCOC(=O)[C@@H]1[C@H](c2csc(N)n2)C1(C)C. The fourth-order valence-corrected chi connectivity index (χ4v) is 2.90. The third kappa shape index (κ3) is 1.69. The molecule has 16 heavy (non-hydrogen) atoms. The summed E-state index contributed by atoms with van der Waals surface area (Å²) in [6, 6.07) is 0. The fourth-order valence-electron chi connectivity index (χ4n) is 2.31. The molecule has 1 saturated carbocycles. The number of nitrogen functional groups attached to an aromatic ring is 1. The van der Waals surface area contributed by atoms with Gasteiger partial charge in [0.2, 0.25) is 0 Å². The van der Waals surface area contributed by atoms with Crippen molar-refractivity contribution in [3.63, 3.8) is 0 Å². The lowest BCUT2D eigenvalue weighted by atomic mass is 10.1. The Balaban J connectivity index is 2.16. The summed E-state index contributed by atoms with van der Waals surface area (Å²) in [5, 5.41) is 2.49. The van der Waals surface area contributed by atoms with Crippen LogP contribution in [0.25, 0.3) is 0 Å². The second kappa shape index (κ2) is 3.73. The Bertz CT molecular complexity index is 414. The average Bonchev–Trinajstić information content (AvgIpc) is 2.54. The van der Waals surface area contributed by atoms with Gasteiger partial charge in [-0.05, 0) is 12.3 Å². The molecular weight excluding hydrogens is 224 g/mol. The zero-order chi connectivity index (χ0) is 11.9. The topological polar surface area (TPSA) is 65.2 Å². The number of nitrogens with zero attached hydrogens (tertiary/aromatic N) is 1. The van der Waals surface area contributed by atoms with E-state index in [1.165, 1.54) is 11.3 Å². The largest absolute Gasteiger partial charge is 0.466 e. The van der Waals surface area contributed by atoms with Crippen molar-refractivity contribution in [3.8, 4) is 0 Å². The maximum Gasteiger partial charge on any atom is 0.310 e. The van der Waals surface area contributed by atoms with Gasteiger partial charge in [0.05, 0.1) is 18.2 Å². The summed E-state index contributed by atoms with van der Waals surface area (Å²) < 4.78 is 5.07. The highest BCUT2D eigenvalue weighted by Crippen LogP contribution is 2.64. The van der Waals surface area contributed by atoms with Gasteiger partial charge in [-0.25, -0.2) is 4.98 Å². The van der Waals surface area contributed by atoms with Crippen molar-refractivity contribution in [1.82, 2.24) is 4.98 Å². The standard InChI is InChI=1S/C11H16N2O2S/c1-4-15-9(14)8-7(11(8,2)3)6-5-16-10(12)13-6/h5,7-8H,4H2,1-3H3,(H2,12,13)/t7-,8-/m0/s1. The second-order valence-electron chi connectivity index (χ2n) is 4.64. The van der Waals surface area contributed by atoms with Crippen molar-refractivity contribution < 1.29 is 9.53 Å². The summed E-state index contributed by atoms with van der Waals surface area (Å²) in [6.45, 7) is 6.38. The van der Waals surface area contributed by atoms with Crippen LogP contribution < -0.4 is 5.73 Å². The second-order valence-corrected chi connectivity index (χ2v) is 5.53. The molecule has 0 saturated heterocycles. The van der Waals surface area contributed by atoms with Crippen molar-refractivity contribution in [2.45, 2.75) is 26.7 Å². The highest BCUT2D eigenvalue weighted by atomic mass is 32.1. The van der Waals surface area contributed by atoms with Crippen LogP contribution in [0, 0.1) is 11.3 Å². The first-order valence-corrected chi connectivity index (χ1v) is 6.24. The molecule has 1 aromatic heterocycles. The molecule has 88 valence electrons. The van der Waals surface area contributed by atoms with Crippen LogP contribution in [0.5, 0.6) is 0 Å². The molecule has 0 spiro atoms. The van der Waals surface area contributed by atoms with Gasteiger partial charge in [0.25, 0.3) is 0 Å². The van der Waals surface area contributed by atoms with Crippen LogP contribution in [0.2, 0.25) is 0 Å². The summed E-state index contributed by atoms with van der Waals surface area (Å²) in [5.41, 5.74) is 6.46. The molecule has 0 amide bonds. The summed E-state index contributed by atoms with van der Waals surface area (Å²) in [4.78, 5) is 16.0. The monoisotopic (exact) mass is 240 g/mol. The van der Waals surface area contributed by atoms with E-state index in [0.717, 1.165) is 5.69 Å². The van der Waals surface area contributed by atoms with Gasteiger partial charge in [0, 0.05) is 11.3 Å². The molecule has 0 radical (unpaired) electrons. The molecule has 1 heterocycles.